The van der Waals surface area contributed by atoms with Gasteiger partial charge in [-0.3, -0.25) is 9.69 Å². The Morgan fingerprint density at radius 3 is 2.87 bits per heavy atom. The summed E-state index contributed by atoms with van der Waals surface area (Å²) >= 11 is 8.09. The number of nitrogens with one attached hydrogen (secondary N) is 1. The van der Waals surface area contributed by atoms with E-state index in [4.69, 9.17) is 27.1 Å². The Kier molecular flexibility index (Phi) is 9.87. The van der Waals surface area contributed by atoms with Gasteiger partial charge in [0.1, 0.15) is 41.0 Å². The summed E-state index contributed by atoms with van der Waals surface area (Å²) in [5.41, 5.74) is 6.60. The molecule has 2 aromatic heterocycles. The van der Waals surface area contributed by atoms with Crippen LogP contribution in [0.1, 0.15) is 56.1 Å². The maximum atomic E-state index is 17.4. The van der Waals surface area contributed by atoms with E-state index < -0.39 is 23.3 Å². The average Bonchev–Trinajstić information content (AvgIpc) is 3.79. The number of ether oxygens (including phenoxy) is 1. The highest BCUT2D eigenvalue weighted by atomic mass is 35.5. The summed E-state index contributed by atoms with van der Waals surface area (Å²) in [7, 11) is 3.88. The zero-order chi connectivity index (χ0) is 37.9. The molecule has 0 radical (unpaired) electrons. The second kappa shape index (κ2) is 14.5. The molecule has 2 saturated heterocycles. The van der Waals surface area contributed by atoms with Crippen LogP contribution in [0.2, 0.25) is 5.02 Å². The number of carbonyl (C=O) groups is 1. The topological polar surface area (TPSA) is 124 Å². The van der Waals surface area contributed by atoms with E-state index in [1.165, 1.54) is 12.1 Å². The number of halogens is 4. The molecular formula is C39H42ClF3N8O2S. The van der Waals surface area contributed by atoms with Gasteiger partial charge in [0.2, 0.25) is 5.91 Å². The Balaban J connectivity index is 1.22. The molecule has 3 fully saturated rings. The maximum absolute atomic E-state index is 17.4. The lowest BCUT2D eigenvalue weighted by molar-refractivity contribution is -0.117. The van der Waals surface area contributed by atoms with Crippen LogP contribution < -0.4 is 20.7 Å². The summed E-state index contributed by atoms with van der Waals surface area (Å²) in [6.07, 6.45) is 8.17. The first kappa shape index (κ1) is 36.8. The molecule has 3 N–H and O–H groups in total. The minimum absolute atomic E-state index is 0.00177. The fourth-order valence-electron chi connectivity index (χ4n) is 9.13. The van der Waals surface area contributed by atoms with Crippen LogP contribution in [0.5, 0.6) is 6.01 Å². The summed E-state index contributed by atoms with van der Waals surface area (Å²) in [6, 6.07) is 4.60. The van der Waals surface area contributed by atoms with Gasteiger partial charge in [-0.2, -0.15) is 15.2 Å². The number of alkyl halides is 1. The molecule has 1 saturated carbocycles. The third-order valence-electron chi connectivity index (χ3n) is 11.6. The molecule has 1 aliphatic carbocycles. The van der Waals surface area contributed by atoms with Crippen LogP contribution in [0.25, 0.3) is 32.1 Å². The first-order valence-corrected chi connectivity index (χ1v) is 19.7. The molecule has 10 nitrogen and oxygen atoms in total. The number of nitrogens with zero attached hydrogens (tertiary/aromatic N) is 6. The van der Waals surface area contributed by atoms with E-state index in [2.05, 4.69) is 26.2 Å². The number of likely N-dealkylation sites (N-methyl/N-ethyl adjacent to an activating group) is 1. The summed E-state index contributed by atoms with van der Waals surface area (Å²) in [6.45, 7) is 2.46. The molecule has 8 rings (SSSR count). The van der Waals surface area contributed by atoms with Gasteiger partial charge in [-0.1, -0.05) is 23.7 Å². The first-order valence-electron chi connectivity index (χ1n) is 18.5. The highest BCUT2D eigenvalue weighted by molar-refractivity contribution is 7.23. The third-order valence-corrected chi connectivity index (χ3v) is 13.0. The summed E-state index contributed by atoms with van der Waals surface area (Å²) in [4.78, 5) is 28.7. The molecule has 2 aromatic carbocycles. The molecule has 284 valence electrons. The van der Waals surface area contributed by atoms with Crippen molar-refractivity contribution < 1.29 is 22.7 Å². The van der Waals surface area contributed by atoms with Gasteiger partial charge in [0.25, 0.3) is 0 Å². The number of nitriles is 1. The molecular weight excluding hydrogens is 737 g/mol. The van der Waals surface area contributed by atoms with Crippen molar-refractivity contribution in [2.45, 2.75) is 75.2 Å². The maximum Gasteiger partial charge on any atom is 0.319 e. The Bertz CT molecular complexity index is 2230. The Morgan fingerprint density at radius 2 is 2.07 bits per heavy atom. The highest BCUT2D eigenvalue weighted by Gasteiger charge is 2.49. The van der Waals surface area contributed by atoms with Crippen LogP contribution in [-0.2, 0) is 11.2 Å². The van der Waals surface area contributed by atoms with Gasteiger partial charge < -0.3 is 25.6 Å². The number of aromatic nitrogens is 2. The Labute approximate surface area is 320 Å². The van der Waals surface area contributed by atoms with E-state index in [-0.39, 0.29) is 72.9 Å². The van der Waals surface area contributed by atoms with Crippen molar-refractivity contribution in [1.29, 1.82) is 5.26 Å². The van der Waals surface area contributed by atoms with E-state index in [9.17, 15) is 14.4 Å². The molecule has 4 aromatic rings. The average molecular weight is 779 g/mol. The zero-order valence-electron chi connectivity index (χ0n) is 30.2. The molecule has 15 heteroatoms. The van der Waals surface area contributed by atoms with Crippen LogP contribution in [0.4, 0.5) is 24.0 Å². The predicted octanol–water partition coefficient (Wildman–Crippen LogP) is 6.76. The normalized spacial score (nSPS) is 24.2. The summed E-state index contributed by atoms with van der Waals surface area (Å²) in [5.74, 6) is -0.975. The number of nitrogens with two attached hydrogens (primary N) is 1. The lowest BCUT2D eigenvalue weighted by Crippen LogP contribution is -2.47. The minimum Gasteiger partial charge on any atom is -0.461 e. The number of anilines is 2. The van der Waals surface area contributed by atoms with Crippen molar-refractivity contribution in [3.63, 3.8) is 0 Å². The van der Waals surface area contributed by atoms with E-state index in [0.29, 0.717) is 55.7 Å². The lowest BCUT2D eigenvalue weighted by atomic mass is 9.87. The largest absolute Gasteiger partial charge is 0.461 e. The highest BCUT2D eigenvalue weighted by Crippen LogP contribution is 2.49. The van der Waals surface area contributed by atoms with Crippen LogP contribution in [0.15, 0.2) is 24.3 Å². The molecule has 5 heterocycles. The molecule has 1 amide bonds. The smallest absolute Gasteiger partial charge is 0.319 e. The summed E-state index contributed by atoms with van der Waals surface area (Å²) in [5, 5.41) is 14.1. The number of nitrogen functional groups attached to an aromatic ring is 1. The molecule has 2 unspecified atom stereocenters. The van der Waals surface area contributed by atoms with Crippen LogP contribution in [0, 0.1) is 23.0 Å². The lowest BCUT2D eigenvalue weighted by Gasteiger charge is -2.41. The van der Waals surface area contributed by atoms with Crippen molar-refractivity contribution in [1.82, 2.24) is 25.1 Å². The monoisotopic (exact) mass is 778 g/mol. The fourth-order valence-corrected chi connectivity index (χ4v) is 10.5. The van der Waals surface area contributed by atoms with Crippen molar-refractivity contribution in [2.24, 2.45) is 0 Å². The van der Waals surface area contributed by atoms with Crippen LogP contribution in [0.3, 0.4) is 0 Å². The quantitative estimate of drug-likeness (QED) is 0.178. The Hall–Kier alpha value is -4.16. The molecule has 54 heavy (non-hydrogen) atoms. The molecule has 4 atom stereocenters. The summed E-state index contributed by atoms with van der Waals surface area (Å²) < 4.78 is 53.6. The SMILES string of the molecule is CN(C)C/C=C/C(=O)NC1CCCC(N2CCc3c(Cl)c(-c4ccc(F)c5sc(N)c(C#N)c45)c(F)c4nc(OC[C@@]56CCCN5C[C@H](F)C6)nc2c34)C1. The van der Waals surface area contributed by atoms with Gasteiger partial charge in [0, 0.05) is 55.2 Å². The second-order valence-corrected chi connectivity index (χ2v) is 16.7. The number of carbonyl (C=O) groups excluding carboxylic acids is 1. The Morgan fingerprint density at radius 1 is 1.24 bits per heavy atom. The minimum atomic E-state index is -0.951. The number of amides is 1. The number of thiophene rings is 1. The standard InChI is InChI=1S/C39H42ClF3N8O2S/c1-49(2)13-4-8-28(52)46-22-6-3-7-23(16-22)51-15-11-25-31-34(47-38(48-37(31)51)53-20-39-12-5-14-50(39)19-21(41)17-39)33(43)30(32(25)40)24-9-10-27(42)35-29(24)26(18-44)36(45)54-35/h4,8-10,21-23H,3,5-7,11-17,19-20,45H2,1-2H3,(H,46,52)/b8-4+/t21-,22?,23?,39+/m1/s1. The number of benzene rings is 2. The number of fused-ring (bicyclic) bond motifs is 2. The zero-order valence-corrected chi connectivity index (χ0v) is 31.8. The van der Waals surface area contributed by atoms with Crippen LogP contribution in [-0.4, -0.2) is 96.4 Å². The van der Waals surface area contributed by atoms with Gasteiger partial charge in [0.05, 0.1) is 26.2 Å². The van der Waals surface area contributed by atoms with Crippen molar-refractivity contribution in [2.75, 3.05) is 57.5 Å². The molecule has 0 bridgehead atoms. The predicted molar refractivity (Wildman–Crippen MR) is 206 cm³/mol. The van der Waals surface area contributed by atoms with Gasteiger partial charge >= 0.3 is 6.01 Å². The van der Waals surface area contributed by atoms with Gasteiger partial charge in [0.15, 0.2) is 5.82 Å². The van der Waals surface area contributed by atoms with Crippen molar-refractivity contribution >= 4 is 60.7 Å². The molecule has 4 aliphatic rings. The second-order valence-electron chi connectivity index (χ2n) is 15.3. The first-order chi connectivity index (χ1) is 26.0. The van der Waals surface area contributed by atoms with E-state index in [1.54, 1.807) is 6.08 Å². The molecule has 3 aliphatic heterocycles. The van der Waals surface area contributed by atoms with Gasteiger partial charge in [-0.05, 0) is 82.8 Å². The molecule has 0 spiro atoms. The third kappa shape index (κ3) is 6.42. The van der Waals surface area contributed by atoms with Gasteiger partial charge in [-0.25, -0.2) is 13.2 Å². The number of hydrogen-bond donors (Lipinski definition) is 2. The number of rotatable bonds is 9. The van der Waals surface area contributed by atoms with E-state index >= 15 is 8.78 Å². The van der Waals surface area contributed by atoms with Crippen LogP contribution >= 0.6 is 22.9 Å². The fraction of sp³-hybridized carbons (Fsp3) is 0.487. The van der Waals surface area contributed by atoms with Gasteiger partial charge in [-0.15, -0.1) is 11.3 Å². The van der Waals surface area contributed by atoms with E-state index in [1.807, 2.05) is 25.1 Å². The number of hydrogen-bond acceptors (Lipinski definition) is 10. The van der Waals surface area contributed by atoms with Crippen molar-refractivity contribution in [3.8, 4) is 23.2 Å². The van der Waals surface area contributed by atoms with Crippen molar-refractivity contribution in [3.05, 3.63) is 52.1 Å². The van der Waals surface area contributed by atoms with E-state index in [0.717, 1.165) is 50.0 Å².